The molecule has 0 unspecified atom stereocenters. The highest BCUT2D eigenvalue weighted by molar-refractivity contribution is 5.87. The van der Waals surface area contributed by atoms with Crippen LogP contribution in [0.1, 0.15) is 47.5 Å². The Labute approximate surface area is 99.0 Å². The minimum Gasteiger partial charge on any atom is -0.455 e. The van der Waals surface area contributed by atoms with Crippen molar-refractivity contribution in [2.75, 3.05) is 6.54 Å². The smallest absolute Gasteiger partial charge is 0.333 e. The third-order valence-electron chi connectivity index (χ3n) is 3.52. The Balaban J connectivity index is 5.11. The molecule has 16 heavy (non-hydrogen) atoms. The molecule has 0 aromatic carbocycles. The third kappa shape index (κ3) is 2.85. The minimum atomic E-state index is -0.502. The topological polar surface area (TPSA) is 52.3 Å². The molecule has 0 spiro atoms. The van der Waals surface area contributed by atoms with E-state index in [4.69, 9.17) is 10.5 Å². The van der Waals surface area contributed by atoms with Crippen molar-refractivity contribution in [2.24, 2.45) is 11.1 Å². The van der Waals surface area contributed by atoms with Crippen LogP contribution in [0.15, 0.2) is 12.2 Å². The van der Waals surface area contributed by atoms with Gasteiger partial charge >= 0.3 is 5.97 Å². The molecule has 2 N–H and O–H groups in total. The molecule has 0 aliphatic rings. The minimum absolute atomic E-state index is 0.235. The standard InChI is InChI=1S/C13H25NO2/c1-7-13(8-2,12(5,6)9-14)16-11(15)10(3)4/h3,7-9,14H2,1-2,4-6H3. The molecule has 0 saturated heterocycles. The summed E-state index contributed by atoms with van der Waals surface area (Å²) >= 11 is 0. The number of esters is 1. The molecule has 0 saturated carbocycles. The number of hydrogen-bond donors (Lipinski definition) is 1. The second-order valence-electron chi connectivity index (χ2n) is 4.96. The maximum atomic E-state index is 11.7. The van der Waals surface area contributed by atoms with Gasteiger partial charge in [-0.2, -0.15) is 0 Å². The molecular weight excluding hydrogens is 202 g/mol. The van der Waals surface area contributed by atoms with Crippen LogP contribution in [0.3, 0.4) is 0 Å². The van der Waals surface area contributed by atoms with E-state index in [9.17, 15) is 4.79 Å². The van der Waals surface area contributed by atoms with Crippen LogP contribution in [0.25, 0.3) is 0 Å². The largest absolute Gasteiger partial charge is 0.455 e. The van der Waals surface area contributed by atoms with E-state index in [0.717, 1.165) is 12.8 Å². The molecule has 0 aromatic heterocycles. The molecule has 0 atom stereocenters. The van der Waals surface area contributed by atoms with Gasteiger partial charge in [-0.05, 0) is 19.8 Å². The lowest BCUT2D eigenvalue weighted by Gasteiger charge is -2.44. The summed E-state index contributed by atoms with van der Waals surface area (Å²) in [5, 5.41) is 0. The van der Waals surface area contributed by atoms with E-state index in [1.165, 1.54) is 0 Å². The SMILES string of the molecule is C=C(C)C(=O)OC(CC)(CC)C(C)(C)CN. The van der Waals surface area contributed by atoms with Crippen molar-refractivity contribution in [2.45, 2.75) is 53.1 Å². The molecule has 0 aliphatic carbocycles. The first kappa shape index (κ1) is 15.2. The summed E-state index contributed by atoms with van der Waals surface area (Å²) < 4.78 is 5.64. The van der Waals surface area contributed by atoms with Crippen molar-refractivity contribution in [3.63, 3.8) is 0 Å². The van der Waals surface area contributed by atoms with E-state index in [1.54, 1.807) is 6.92 Å². The molecule has 0 rings (SSSR count). The molecule has 0 radical (unpaired) electrons. The monoisotopic (exact) mass is 227 g/mol. The predicted octanol–water partition coefficient (Wildman–Crippen LogP) is 2.65. The highest BCUT2D eigenvalue weighted by atomic mass is 16.6. The second-order valence-corrected chi connectivity index (χ2v) is 4.96. The fraction of sp³-hybridized carbons (Fsp3) is 0.769. The first-order valence-corrected chi connectivity index (χ1v) is 5.85. The summed E-state index contributed by atoms with van der Waals surface area (Å²) in [5.41, 5.74) is 5.47. The van der Waals surface area contributed by atoms with Crippen molar-refractivity contribution in [1.82, 2.24) is 0 Å². The molecule has 0 fully saturated rings. The number of nitrogens with two attached hydrogens (primary N) is 1. The summed E-state index contributed by atoms with van der Waals surface area (Å²) in [6.45, 7) is 13.9. The fourth-order valence-electron chi connectivity index (χ4n) is 1.94. The third-order valence-corrected chi connectivity index (χ3v) is 3.52. The summed E-state index contributed by atoms with van der Waals surface area (Å²) in [6, 6.07) is 0. The Bertz CT molecular complexity index is 265. The summed E-state index contributed by atoms with van der Waals surface area (Å²) in [7, 11) is 0. The van der Waals surface area contributed by atoms with Crippen molar-refractivity contribution in [1.29, 1.82) is 0 Å². The van der Waals surface area contributed by atoms with Gasteiger partial charge < -0.3 is 10.5 Å². The van der Waals surface area contributed by atoms with Gasteiger partial charge in [-0.25, -0.2) is 4.79 Å². The van der Waals surface area contributed by atoms with Gasteiger partial charge in [0.25, 0.3) is 0 Å². The Morgan fingerprint density at radius 3 is 2.00 bits per heavy atom. The van der Waals surface area contributed by atoms with Crippen molar-refractivity contribution in [3.8, 4) is 0 Å². The molecule has 94 valence electrons. The number of rotatable bonds is 6. The molecule has 3 nitrogen and oxygen atoms in total. The Kier molecular flexibility index (Phi) is 5.20. The van der Waals surface area contributed by atoms with Crippen LogP contribution in [-0.4, -0.2) is 18.1 Å². The van der Waals surface area contributed by atoms with Gasteiger partial charge in [0.05, 0.1) is 0 Å². The first-order chi connectivity index (χ1) is 7.26. The molecular formula is C13H25NO2. The van der Waals surface area contributed by atoms with Crippen LogP contribution >= 0.6 is 0 Å². The van der Waals surface area contributed by atoms with Crippen LogP contribution < -0.4 is 5.73 Å². The van der Waals surface area contributed by atoms with Crippen molar-refractivity contribution < 1.29 is 9.53 Å². The zero-order valence-corrected chi connectivity index (χ0v) is 11.2. The summed E-state index contributed by atoms with van der Waals surface area (Å²) in [5.74, 6) is -0.328. The van der Waals surface area contributed by atoms with Gasteiger partial charge in [0, 0.05) is 17.5 Å². The van der Waals surface area contributed by atoms with Crippen LogP contribution in [0.2, 0.25) is 0 Å². The van der Waals surface area contributed by atoms with E-state index in [-0.39, 0.29) is 11.4 Å². The highest BCUT2D eigenvalue weighted by Gasteiger charge is 2.44. The molecule has 0 bridgehead atoms. The molecule has 3 heteroatoms. The maximum absolute atomic E-state index is 11.7. The van der Waals surface area contributed by atoms with Gasteiger partial charge in [0.15, 0.2) is 0 Å². The normalized spacial score (nSPS) is 12.4. The molecule has 0 amide bonds. The zero-order chi connectivity index (χ0) is 13.0. The fourth-order valence-corrected chi connectivity index (χ4v) is 1.94. The first-order valence-electron chi connectivity index (χ1n) is 5.85. The summed E-state index contributed by atoms with van der Waals surface area (Å²) in [4.78, 5) is 11.7. The van der Waals surface area contributed by atoms with Crippen LogP contribution in [-0.2, 0) is 9.53 Å². The van der Waals surface area contributed by atoms with Gasteiger partial charge in [-0.3, -0.25) is 0 Å². The summed E-state index contributed by atoms with van der Waals surface area (Å²) in [6.07, 6.45) is 1.51. The average molecular weight is 227 g/mol. The quantitative estimate of drug-likeness (QED) is 0.560. The van der Waals surface area contributed by atoms with Crippen LogP contribution in [0.4, 0.5) is 0 Å². The number of carbonyl (C=O) groups excluding carboxylic acids is 1. The zero-order valence-electron chi connectivity index (χ0n) is 11.2. The van der Waals surface area contributed by atoms with E-state index in [0.29, 0.717) is 12.1 Å². The molecule has 0 heterocycles. The van der Waals surface area contributed by atoms with Gasteiger partial charge in [0.1, 0.15) is 5.60 Å². The van der Waals surface area contributed by atoms with Gasteiger partial charge in [-0.15, -0.1) is 0 Å². The van der Waals surface area contributed by atoms with Crippen LogP contribution in [0, 0.1) is 5.41 Å². The predicted molar refractivity (Wildman–Crippen MR) is 67.1 cm³/mol. The Hall–Kier alpha value is -0.830. The van der Waals surface area contributed by atoms with E-state index < -0.39 is 5.60 Å². The maximum Gasteiger partial charge on any atom is 0.333 e. The van der Waals surface area contributed by atoms with Crippen molar-refractivity contribution >= 4 is 5.97 Å². The highest BCUT2D eigenvalue weighted by Crippen LogP contribution is 2.39. The van der Waals surface area contributed by atoms with E-state index in [2.05, 4.69) is 6.58 Å². The van der Waals surface area contributed by atoms with Gasteiger partial charge in [-0.1, -0.05) is 34.3 Å². The second kappa shape index (κ2) is 5.48. The Morgan fingerprint density at radius 2 is 1.75 bits per heavy atom. The Morgan fingerprint density at radius 1 is 1.31 bits per heavy atom. The van der Waals surface area contributed by atoms with E-state index in [1.807, 2.05) is 27.7 Å². The average Bonchev–Trinajstić information content (AvgIpc) is 2.25. The number of carbonyl (C=O) groups is 1. The molecule has 0 aliphatic heterocycles. The van der Waals surface area contributed by atoms with Gasteiger partial charge in [0.2, 0.25) is 0 Å². The molecule has 0 aromatic rings. The van der Waals surface area contributed by atoms with E-state index >= 15 is 0 Å². The lowest BCUT2D eigenvalue weighted by Crippen LogP contribution is -2.51. The van der Waals surface area contributed by atoms with Crippen LogP contribution in [0.5, 0.6) is 0 Å². The van der Waals surface area contributed by atoms with Crippen molar-refractivity contribution in [3.05, 3.63) is 12.2 Å². The number of hydrogen-bond acceptors (Lipinski definition) is 3. The lowest BCUT2D eigenvalue weighted by molar-refractivity contribution is -0.170. The number of ether oxygens (including phenoxy) is 1. The lowest BCUT2D eigenvalue weighted by atomic mass is 9.71.